The first-order chi connectivity index (χ1) is 14.0. The summed E-state index contributed by atoms with van der Waals surface area (Å²) in [6.07, 6.45) is 1.65. The van der Waals surface area contributed by atoms with Crippen LogP contribution in [0.5, 0.6) is 0 Å². The van der Waals surface area contributed by atoms with Gasteiger partial charge in [-0.1, -0.05) is 60.2 Å². The van der Waals surface area contributed by atoms with E-state index in [9.17, 15) is 4.79 Å². The first-order valence-electron chi connectivity index (χ1n) is 9.73. The number of aryl methyl sites for hydroxylation is 3. The fraction of sp³-hybridized carbons (Fsp3) is 0.208. The van der Waals surface area contributed by atoms with Crippen molar-refractivity contribution in [3.8, 4) is 11.1 Å². The molecular formula is C24H24N4O. The van der Waals surface area contributed by atoms with Gasteiger partial charge in [-0.25, -0.2) is 9.50 Å². The Morgan fingerprint density at radius 3 is 2.52 bits per heavy atom. The number of rotatable bonds is 4. The number of fused-ring (bicyclic) bond motifs is 1. The summed E-state index contributed by atoms with van der Waals surface area (Å²) >= 11 is 0. The molecule has 1 amide bonds. The van der Waals surface area contributed by atoms with Crippen LogP contribution < -0.4 is 5.32 Å². The van der Waals surface area contributed by atoms with Gasteiger partial charge in [0.1, 0.15) is 0 Å². The third-order valence-corrected chi connectivity index (χ3v) is 5.26. The van der Waals surface area contributed by atoms with Crippen LogP contribution >= 0.6 is 0 Å². The minimum Gasteiger partial charge on any atom is -0.345 e. The van der Waals surface area contributed by atoms with Crippen LogP contribution in [0.4, 0.5) is 0 Å². The lowest BCUT2D eigenvalue weighted by Gasteiger charge is -2.15. The highest BCUT2D eigenvalue weighted by atomic mass is 16.1. The summed E-state index contributed by atoms with van der Waals surface area (Å²) in [7, 11) is 0. The molecule has 5 heteroatoms. The smallest absolute Gasteiger partial charge is 0.255 e. The Morgan fingerprint density at radius 1 is 1.03 bits per heavy atom. The zero-order valence-corrected chi connectivity index (χ0v) is 17.1. The van der Waals surface area contributed by atoms with Crippen molar-refractivity contribution < 1.29 is 4.79 Å². The molecule has 146 valence electrons. The third kappa shape index (κ3) is 3.51. The number of carbonyl (C=O) groups excluding carboxylic acids is 1. The number of carbonyl (C=O) groups is 1. The molecule has 2 aromatic carbocycles. The second-order valence-corrected chi connectivity index (χ2v) is 7.43. The topological polar surface area (TPSA) is 59.3 Å². The quantitative estimate of drug-likeness (QED) is 0.549. The van der Waals surface area contributed by atoms with Gasteiger partial charge in [-0.3, -0.25) is 4.79 Å². The van der Waals surface area contributed by atoms with Crippen LogP contribution in [0.15, 0.2) is 60.8 Å². The number of amides is 1. The second-order valence-electron chi connectivity index (χ2n) is 7.43. The maximum absolute atomic E-state index is 12.9. The number of benzene rings is 2. The van der Waals surface area contributed by atoms with Gasteiger partial charge in [0.05, 0.1) is 23.0 Å². The molecule has 0 aliphatic rings. The molecule has 4 rings (SSSR count). The first kappa shape index (κ1) is 18.9. The van der Waals surface area contributed by atoms with E-state index in [1.807, 2.05) is 57.2 Å². The van der Waals surface area contributed by atoms with Gasteiger partial charge in [-0.05, 0) is 38.8 Å². The van der Waals surface area contributed by atoms with Gasteiger partial charge in [-0.15, -0.1) is 0 Å². The molecule has 29 heavy (non-hydrogen) atoms. The average Bonchev–Trinajstić information content (AvgIpc) is 3.05. The van der Waals surface area contributed by atoms with E-state index >= 15 is 0 Å². The molecule has 1 N–H and O–H groups in total. The Hall–Kier alpha value is -3.47. The summed E-state index contributed by atoms with van der Waals surface area (Å²) in [5, 5.41) is 7.73. The molecule has 2 heterocycles. The number of hydrogen-bond donors (Lipinski definition) is 1. The zero-order valence-electron chi connectivity index (χ0n) is 17.1. The molecule has 0 saturated carbocycles. The highest BCUT2D eigenvalue weighted by molar-refractivity contribution is 5.96. The third-order valence-electron chi connectivity index (χ3n) is 5.26. The van der Waals surface area contributed by atoms with Gasteiger partial charge in [0, 0.05) is 11.8 Å². The van der Waals surface area contributed by atoms with E-state index in [4.69, 9.17) is 0 Å². The Morgan fingerprint density at radius 2 is 1.79 bits per heavy atom. The van der Waals surface area contributed by atoms with Gasteiger partial charge < -0.3 is 5.32 Å². The molecular weight excluding hydrogens is 360 g/mol. The van der Waals surface area contributed by atoms with Gasteiger partial charge in [-0.2, -0.15) is 5.10 Å². The van der Waals surface area contributed by atoms with Crippen molar-refractivity contribution in [2.24, 2.45) is 0 Å². The number of nitrogens with zero attached hydrogens (tertiary/aromatic N) is 3. The Bertz CT molecular complexity index is 1190. The number of nitrogens with one attached hydrogen (secondary N) is 1. The minimum absolute atomic E-state index is 0.0963. The summed E-state index contributed by atoms with van der Waals surface area (Å²) in [4.78, 5) is 17.5. The standard InChI is InChI=1S/C24H24N4O/c1-15-9-8-12-20(13-15)22-17(3)27-28-18(4)21(14-25-23(22)28)24(29)26-16(2)19-10-6-5-7-11-19/h5-14,16H,1-4H3,(H,26,29)/t16-/m1/s1. The summed E-state index contributed by atoms with van der Waals surface area (Å²) in [6.45, 7) is 7.92. The fourth-order valence-corrected chi connectivity index (χ4v) is 3.66. The zero-order chi connectivity index (χ0) is 20.5. The molecule has 0 spiro atoms. The molecule has 0 fully saturated rings. The summed E-state index contributed by atoms with van der Waals surface area (Å²) < 4.78 is 1.77. The van der Waals surface area contributed by atoms with E-state index in [0.29, 0.717) is 5.56 Å². The largest absolute Gasteiger partial charge is 0.345 e. The highest BCUT2D eigenvalue weighted by Gasteiger charge is 2.20. The molecule has 0 unspecified atom stereocenters. The molecule has 4 aromatic rings. The van der Waals surface area contributed by atoms with Crippen molar-refractivity contribution in [2.45, 2.75) is 33.7 Å². The molecule has 0 bridgehead atoms. The van der Waals surface area contributed by atoms with E-state index in [0.717, 1.165) is 33.7 Å². The summed E-state index contributed by atoms with van der Waals surface area (Å²) in [5.74, 6) is -0.154. The molecule has 0 saturated heterocycles. The minimum atomic E-state index is -0.154. The molecule has 1 atom stereocenters. The van der Waals surface area contributed by atoms with Crippen molar-refractivity contribution in [1.82, 2.24) is 19.9 Å². The predicted molar refractivity (Wildman–Crippen MR) is 115 cm³/mol. The van der Waals surface area contributed by atoms with Crippen LogP contribution in [-0.2, 0) is 0 Å². The van der Waals surface area contributed by atoms with Crippen molar-refractivity contribution >= 4 is 11.6 Å². The molecule has 0 radical (unpaired) electrons. The van der Waals surface area contributed by atoms with Crippen LogP contribution in [-0.4, -0.2) is 20.5 Å². The van der Waals surface area contributed by atoms with E-state index in [1.165, 1.54) is 5.56 Å². The van der Waals surface area contributed by atoms with Crippen LogP contribution in [0.2, 0.25) is 0 Å². The van der Waals surface area contributed by atoms with E-state index in [-0.39, 0.29) is 11.9 Å². The van der Waals surface area contributed by atoms with Crippen molar-refractivity contribution in [3.05, 3.63) is 88.9 Å². The van der Waals surface area contributed by atoms with Crippen molar-refractivity contribution in [2.75, 3.05) is 0 Å². The lowest BCUT2D eigenvalue weighted by molar-refractivity contribution is 0.0938. The molecule has 2 aromatic heterocycles. The van der Waals surface area contributed by atoms with Crippen LogP contribution in [0, 0.1) is 20.8 Å². The first-order valence-corrected chi connectivity index (χ1v) is 9.73. The number of aromatic nitrogens is 3. The Labute approximate surface area is 170 Å². The normalized spacial score (nSPS) is 12.1. The Balaban J connectivity index is 1.71. The van der Waals surface area contributed by atoms with Gasteiger partial charge in [0.25, 0.3) is 5.91 Å². The second kappa shape index (κ2) is 7.51. The van der Waals surface area contributed by atoms with Crippen LogP contribution in [0.3, 0.4) is 0 Å². The monoisotopic (exact) mass is 384 g/mol. The van der Waals surface area contributed by atoms with Crippen LogP contribution in [0.25, 0.3) is 16.8 Å². The van der Waals surface area contributed by atoms with E-state index in [1.54, 1.807) is 10.7 Å². The van der Waals surface area contributed by atoms with Crippen molar-refractivity contribution in [3.63, 3.8) is 0 Å². The SMILES string of the molecule is Cc1cccc(-c2c(C)nn3c(C)c(C(=O)N[C@H](C)c4ccccc4)cnc23)c1. The van der Waals surface area contributed by atoms with Gasteiger partial charge in [0.15, 0.2) is 5.65 Å². The Kier molecular flexibility index (Phi) is 4.89. The fourth-order valence-electron chi connectivity index (χ4n) is 3.66. The van der Waals surface area contributed by atoms with Gasteiger partial charge >= 0.3 is 0 Å². The summed E-state index contributed by atoms with van der Waals surface area (Å²) in [6, 6.07) is 18.1. The van der Waals surface area contributed by atoms with Crippen molar-refractivity contribution in [1.29, 1.82) is 0 Å². The molecule has 5 nitrogen and oxygen atoms in total. The van der Waals surface area contributed by atoms with Crippen LogP contribution in [0.1, 0.15) is 45.8 Å². The lowest BCUT2D eigenvalue weighted by atomic mass is 10.0. The maximum Gasteiger partial charge on any atom is 0.255 e. The van der Waals surface area contributed by atoms with E-state index in [2.05, 4.69) is 40.5 Å². The predicted octanol–water partition coefficient (Wildman–Crippen LogP) is 4.81. The highest BCUT2D eigenvalue weighted by Crippen LogP contribution is 2.29. The molecule has 0 aliphatic carbocycles. The molecule has 0 aliphatic heterocycles. The van der Waals surface area contributed by atoms with E-state index < -0.39 is 0 Å². The number of hydrogen-bond acceptors (Lipinski definition) is 3. The maximum atomic E-state index is 12.9. The van der Waals surface area contributed by atoms with Gasteiger partial charge in [0.2, 0.25) is 0 Å². The lowest BCUT2D eigenvalue weighted by Crippen LogP contribution is -2.28. The summed E-state index contributed by atoms with van der Waals surface area (Å²) in [5.41, 5.74) is 7.28. The average molecular weight is 384 g/mol.